The maximum atomic E-state index is 11.8. The molecule has 1 aromatic heterocycles. The van der Waals surface area contributed by atoms with Gasteiger partial charge in [-0.3, -0.25) is 9.69 Å². The third-order valence-corrected chi connectivity index (χ3v) is 4.27. The average Bonchev–Trinajstić information content (AvgIpc) is 3.00. The van der Waals surface area contributed by atoms with E-state index in [4.69, 9.17) is 0 Å². The van der Waals surface area contributed by atoms with Crippen molar-refractivity contribution < 1.29 is 9.90 Å². The summed E-state index contributed by atoms with van der Waals surface area (Å²) in [6, 6.07) is 4.28. The number of carbonyl (C=O) groups excluding carboxylic acids is 1. The molecule has 2 heterocycles. The van der Waals surface area contributed by atoms with Crippen molar-refractivity contribution in [1.82, 2.24) is 10.2 Å². The molecule has 1 saturated heterocycles. The van der Waals surface area contributed by atoms with Crippen molar-refractivity contribution in [3.63, 3.8) is 0 Å². The summed E-state index contributed by atoms with van der Waals surface area (Å²) in [4.78, 5) is 15.1. The zero-order valence-corrected chi connectivity index (χ0v) is 11.3. The summed E-state index contributed by atoms with van der Waals surface area (Å²) in [5, 5.41) is 14.2. The van der Waals surface area contributed by atoms with Crippen LogP contribution in [0.2, 0.25) is 0 Å². The molecule has 4 nitrogen and oxygen atoms in total. The maximum absolute atomic E-state index is 11.8. The van der Waals surface area contributed by atoms with Crippen LogP contribution >= 0.6 is 11.3 Å². The summed E-state index contributed by atoms with van der Waals surface area (Å²) in [7, 11) is 0. The van der Waals surface area contributed by atoms with Crippen LogP contribution in [0.5, 0.6) is 0 Å². The molecule has 0 spiro atoms. The standard InChI is InChI=1S/C13H20N2O2S/c16-10-11-3-1-7-15(11)9-13(17)14-6-5-12-4-2-8-18-12/h2,4,8,11,16H,1,3,5-7,9-10H2,(H,14,17)/t11-/m0/s1. The predicted molar refractivity (Wildman–Crippen MR) is 72.7 cm³/mol. The van der Waals surface area contributed by atoms with E-state index in [1.165, 1.54) is 4.88 Å². The lowest BCUT2D eigenvalue weighted by atomic mass is 10.2. The number of nitrogens with one attached hydrogen (secondary N) is 1. The van der Waals surface area contributed by atoms with Crippen LogP contribution in [0, 0.1) is 0 Å². The Balaban J connectivity index is 1.65. The van der Waals surface area contributed by atoms with E-state index in [0.717, 1.165) is 25.8 Å². The van der Waals surface area contributed by atoms with Gasteiger partial charge in [-0.05, 0) is 37.3 Å². The van der Waals surface area contributed by atoms with Gasteiger partial charge in [-0.25, -0.2) is 0 Å². The molecule has 0 aromatic carbocycles. The van der Waals surface area contributed by atoms with Crippen molar-refractivity contribution in [2.24, 2.45) is 0 Å². The van der Waals surface area contributed by atoms with Gasteiger partial charge in [0.2, 0.25) is 5.91 Å². The van der Waals surface area contributed by atoms with Crippen LogP contribution in [-0.4, -0.2) is 48.2 Å². The summed E-state index contributed by atoms with van der Waals surface area (Å²) in [6.45, 7) is 2.18. The van der Waals surface area contributed by atoms with Crippen LogP contribution in [0.25, 0.3) is 0 Å². The van der Waals surface area contributed by atoms with E-state index in [1.54, 1.807) is 11.3 Å². The fraction of sp³-hybridized carbons (Fsp3) is 0.615. The third-order valence-electron chi connectivity index (χ3n) is 3.33. The summed E-state index contributed by atoms with van der Waals surface area (Å²) < 4.78 is 0. The van der Waals surface area contributed by atoms with Crippen LogP contribution in [0.15, 0.2) is 17.5 Å². The van der Waals surface area contributed by atoms with Gasteiger partial charge >= 0.3 is 0 Å². The first-order chi connectivity index (χ1) is 8.79. The minimum atomic E-state index is 0.0620. The van der Waals surface area contributed by atoms with Gasteiger partial charge in [0.25, 0.3) is 0 Å². The zero-order valence-electron chi connectivity index (χ0n) is 10.5. The number of carbonyl (C=O) groups is 1. The Morgan fingerprint density at radius 2 is 2.50 bits per heavy atom. The second-order valence-corrected chi connectivity index (χ2v) is 5.66. The highest BCUT2D eigenvalue weighted by atomic mass is 32.1. The Labute approximate surface area is 112 Å². The van der Waals surface area contributed by atoms with E-state index in [9.17, 15) is 9.90 Å². The summed E-state index contributed by atoms with van der Waals surface area (Å²) in [5.41, 5.74) is 0. The van der Waals surface area contributed by atoms with E-state index in [1.807, 2.05) is 11.4 Å². The molecule has 2 rings (SSSR count). The highest BCUT2D eigenvalue weighted by molar-refractivity contribution is 7.09. The molecule has 0 unspecified atom stereocenters. The van der Waals surface area contributed by atoms with Crippen molar-refractivity contribution in [2.75, 3.05) is 26.2 Å². The molecule has 18 heavy (non-hydrogen) atoms. The van der Waals surface area contributed by atoms with Gasteiger partial charge in [-0.2, -0.15) is 0 Å². The fourth-order valence-corrected chi connectivity index (χ4v) is 3.04. The molecule has 100 valence electrons. The van der Waals surface area contributed by atoms with E-state index >= 15 is 0 Å². The monoisotopic (exact) mass is 268 g/mol. The number of amides is 1. The molecule has 0 saturated carbocycles. The Kier molecular flexibility index (Phi) is 5.16. The molecule has 1 aliphatic heterocycles. The summed E-state index contributed by atoms with van der Waals surface area (Å²) >= 11 is 1.72. The molecule has 5 heteroatoms. The Morgan fingerprint density at radius 1 is 1.61 bits per heavy atom. The normalized spacial score (nSPS) is 20.2. The van der Waals surface area contributed by atoms with Gasteiger partial charge in [0.15, 0.2) is 0 Å². The number of aliphatic hydroxyl groups excluding tert-OH is 1. The first-order valence-electron chi connectivity index (χ1n) is 6.43. The van der Waals surface area contributed by atoms with Crippen LogP contribution in [-0.2, 0) is 11.2 Å². The number of hydrogen-bond donors (Lipinski definition) is 2. The Morgan fingerprint density at radius 3 is 3.22 bits per heavy atom. The largest absolute Gasteiger partial charge is 0.395 e. The molecule has 0 radical (unpaired) electrons. The van der Waals surface area contributed by atoms with Gasteiger partial charge in [0.05, 0.1) is 13.2 Å². The number of thiophene rings is 1. The fourth-order valence-electron chi connectivity index (χ4n) is 2.33. The molecular weight excluding hydrogens is 248 g/mol. The maximum Gasteiger partial charge on any atom is 0.234 e. The smallest absolute Gasteiger partial charge is 0.234 e. The second-order valence-electron chi connectivity index (χ2n) is 4.63. The molecule has 2 N–H and O–H groups in total. The highest BCUT2D eigenvalue weighted by Crippen LogP contribution is 2.15. The van der Waals surface area contributed by atoms with E-state index in [2.05, 4.69) is 16.3 Å². The lowest BCUT2D eigenvalue weighted by molar-refractivity contribution is -0.122. The van der Waals surface area contributed by atoms with Gasteiger partial charge in [-0.15, -0.1) is 11.3 Å². The highest BCUT2D eigenvalue weighted by Gasteiger charge is 2.25. The van der Waals surface area contributed by atoms with Crippen molar-refractivity contribution in [3.8, 4) is 0 Å². The second kappa shape index (κ2) is 6.87. The zero-order chi connectivity index (χ0) is 12.8. The van der Waals surface area contributed by atoms with Crippen LogP contribution in [0.4, 0.5) is 0 Å². The molecule has 0 aliphatic carbocycles. The Hall–Kier alpha value is -0.910. The minimum Gasteiger partial charge on any atom is -0.395 e. The van der Waals surface area contributed by atoms with E-state index in [-0.39, 0.29) is 18.6 Å². The predicted octanol–water partition coefficient (Wildman–Crippen LogP) is 0.864. The number of likely N-dealkylation sites (tertiary alicyclic amines) is 1. The average molecular weight is 268 g/mol. The molecule has 1 fully saturated rings. The van der Waals surface area contributed by atoms with Crippen LogP contribution in [0.1, 0.15) is 17.7 Å². The van der Waals surface area contributed by atoms with Crippen molar-refractivity contribution in [3.05, 3.63) is 22.4 Å². The number of nitrogens with zero attached hydrogens (tertiary/aromatic N) is 1. The first kappa shape index (κ1) is 13.5. The number of rotatable bonds is 6. The third kappa shape index (κ3) is 3.80. The quantitative estimate of drug-likeness (QED) is 0.805. The SMILES string of the molecule is O=C(CN1CCC[C@H]1CO)NCCc1cccs1. The molecule has 1 aromatic rings. The van der Waals surface area contributed by atoms with E-state index in [0.29, 0.717) is 13.1 Å². The van der Waals surface area contributed by atoms with E-state index < -0.39 is 0 Å². The number of hydrogen-bond acceptors (Lipinski definition) is 4. The van der Waals surface area contributed by atoms with Crippen molar-refractivity contribution in [2.45, 2.75) is 25.3 Å². The summed E-state index contributed by atoms with van der Waals surface area (Å²) in [5.74, 6) is 0.0620. The van der Waals surface area contributed by atoms with Crippen LogP contribution < -0.4 is 5.32 Å². The molecular formula is C13H20N2O2S. The lowest BCUT2D eigenvalue weighted by Gasteiger charge is -2.21. The molecule has 1 amide bonds. The topological polar surface area (TPSA) is 52.6 Å². The first-order valence-corrected chi connectivity index (χ1v) is 7.31. The molecule has 0 bridgehead atoms. The lowest BCUT2D eigenvalue weighted by Crippen LogP contribution is -2.41. The molecule has 1 atom stereocenters. The Bertz CT molecular complexity index is 367. The van der Waals surface area contributed by atoms with Gasteiger partial charge < -0.3 is 10.4 Å². The molecule has 1 aliphatic rings. The van der Waals surface area contributed by atoms with Crippen molar-refractivity contribution >= 4 is 17.2 Å². The van der Waals surface area contributed by atoms with Gasteiger partial charge in [-0.1, -0.05) is 6.07 Å². The van der Waals surface area contributed by atoms with Gasteiger partial charge in [0, 0.05) is 17.5 Å². The summed E-state index contributed by atoms with van der Waals surface area (Å²) in [6.07, 6.45) is 2.97. The van der Waals surface area contributed by atoms with Gasteiger partial charge in [0.1, 0.15) is 0 Å². The number of aliphatic hydroxyl groups is 1. The van der Waals surface area contributed by atoms with Crippen LogP contribution in [0.3, 0.4) is 0 Å². The minimum absolute atomic E-state index is 0.0620. The van der Waals surface area contributed by atoms with Crippen molar-refractivity contribution in [1.29, 1.82) is 0 Å².